The maximum absolute atomic E-state index is 12.7. The second-order valence-corrected chi connectivity index (χ2v) is 11.2. The van der Waals surface area contributed by atoms with E-state index in [1.807, 2.05) is 16.6 Å². The summed E-state index contributed by atoms with van der Waals surface area (Å²) in [5, 5.41) is 12.3. The summed E-state index contributed by atoms with van der Waals surface area (Å²) < 4.78 is 4.53. The van der Waals surface area contributed by atoms with Crippen molar-refractivity contribution in [2.45, 2.75) is 50.0 Å². The molecule has 31 heavy (non-hydrogen) atoms. The molecule has 0 saturated carbocycles. The van der Waals surface area contributed by atoms with Gasteiger partial charge in [-0.1, -0.05) is 19.9 Å². The van der Waals surface area contributed by atoms with Crippen LogP contribution in [0, 0.1) is 6.92 Å². The minimum absolute atomic E-state index is 0.220. The van der Waals surface area contributed by atoms with E-state index in [4.69, 9.17) is 0 Å². The summed E-state index contributed by atoms with van der Waals surface area (Å²) in [5.41, 5.74) is 4.81. The number of hydrogen-bond donors (Lipinski definition) is 2. The van der Waals surface area contributed by atoms with Crippen LogP contribution >= 0.6 is 11.8 Å². The van der Waals surface area contributed by atoms with Gasteiger partial charge in [0.1, 0.15) is 0 Å². The van der Waals surface area contributed by atoms with E-state index in [-0.39, 0.29) is 5.56 Å². The van der Waals surface area contributed by atoms with E-state index in [1.165, 1.54) is 36.9 Å². The van der Waals surface area contributed by atoms with Crippen molar-refractivity contribution in [1.82, 2.24) is 25.1 Å². The molecule has 0 radical (unpaired) electrons. The number of rotatable bonds is 5. The Labute approximate surface area is 191 Å². The Morgan fingerprint density at radius 2 is 2.00 bits per heavy atom. The molecule has 4 aromatic rings. The molecular formula is C23H23N5ORhS. The number of benzene rings is 2. The van der Waals surface area contributed by atoms with Gasteiger partial charge >= 0.3 is 159 Å². The predicted octanol–water partition coefficient (Wildman–Crippen LogP) is 3.86. The molecule has 1 aliphatic heterocycles. The van der Waals surface area contributed by atoms with Crippen LogP contribution in [0.25, 0.3) is 16.6 Å². The van der Waals surface area contributed by atoms with Gasteiger partial charge in [0.25, 0.3) is 0 Å². The summed E-state index contributed by atoms with van der Waals surface area (Å²) in [7, 11) is 0. The molecule has 0 bridgehead atoms. The number of hydrogen-bond acceptors (Lipinski definition) is 5. The van der Waals surface area contributed by atoms with Crippen molar-refractivity contribution in [2.24, 2.45) is 0 Å². The van der Waals surface area contributed by atoms with Gasteiger partial charge in [-0.3, -0.25) is 0 Å². The Morgan fingerprint density at radius 1 is 1.19 bits per heavy atom. The fourth-order valence-corrected chi connectivity index (χ4v) is 6.02. The zero-order chi connectivity index (χ0) is 21.7. The molecule has 0 spiro atoms. The Balaban J connectivity index is 1.57. The fraction of sp³-hybridized carbons (Fsp3) is 0.261. The van der Waals surface area contributed by atoms with Crippen molar-refractivity contribution in [3.8, 4) is 0 Å². The first-order valence-corrected chi connectivity index (χ1v) is 12.7. The monoisotopic (exact) mass is 520 g/mol. The third-order valence-electron chi connectivity index (χ3n) is 5.64. The van der Waals surface area contributed by atoms with Gasteiger partial charge in [-0.15, -0.1) is 0 Å². The Morgan fingerprint density at radius 3 is 2.71 bits per heavy atom. The summed E-state index contributed by atoms with van der Waals surface area (Å²) in [5.74, 6) is 0.423. The Kier molecular flexibility index (Phi) is 5.33. The SMILES string of the molecule is CCC(C)c1ccc2c(=O)nc3c(Sc4ccc([C]5=[Rh]=[C](C)N5)cc4C)n[nH]n3c2c1. The van der Waals surface area contributed by atoms with Crippen LogP contribution < -0.4 is 10.9 Å². The van der Waals surface area contributed by atoms with E-state index in [9.17, 15) is 4.79 Å². The first-order chi connectivity index (χ1) is 14.9. The molecular weight excluding hydrogens is 497 g/mol. The minimum atomic E-state index is -0.220. The summed E-state index contributed by atoms with van der Waals surface area (Å²) in [6, 6.07) is 12.5. The summed E-state index contributed by atoms with van der Waals surface area (Å²) in [6.07, 6.45) is 1.04. The van der Waals surface area contributed by atoms with E-state index in [0.717, 1.165) is 16.8 Å². The molecule has 2 aromatic heterocycles. The van der Waals surface area contributed by atoms with E-state index in [0.29, 0.717) is 38.2 Å². The van der Waals surface area contributed by atoms with E-state index in [2.05, 4.69) is 72.6 Å². The molecule has 0 aliphatic carbocycles. The zero-order valence-electron chi connectivity index (χ0n) is 17.7. The third kappa shape index (κ3) is 3.67. The van der Waals surface area contributed by atoms with Gasteiger partial charge in [-0.25, -0.2) is 0 Å². The molecule has 0 saturated heterocycles. The average Bonchev–Trinajstić information content (AvgIpc) is 3.14. The van der Waals surface area contributed by atoms with Crippen molar-refractivity contribution < 1.29 is 16.2 Å². The Hall–Kier alpha value is -2.28. The second-order valence-electron chi connectivity index (χ2n) is 7.76. The molecule has 6 nitrogen and oxygen atoms in total. The molecule has 0 amide bonds. The van der Waals surface area contributed by atoms with E-state index < -0.39 is 0 Å². The van der Waals surface area contributed by atoms with Crippen LogP contribution in [0.15, 0.2) is 51.1 Å². The van der Waals surface area contributed by atoms with E-state index in [1.54, 1.807) is 0 Å². The van der Waals surface area contributed by atoms with Crippen molar-refractivity contribution in [3.05, 3.63) is 63.4 Å². The Bertz CT molecular complexity index is 1480. The first-order valence-electron chi connectivity index (χ1n) is 10.2. The molecule has 5 rings (SSSR count). The first kappa shape index (κ1) is 20.6. The predicted molar refractivity (Wildman–Crippen MR) is 123 cm³/mol. The van der Waals surface area contributed by atoms with Crippen molar-refractivity contribution in [1.29, 1.82) is 0 Å². The van der Waals surface area contributed by atoms with Gasteiger partial charge in [0.2, 0.25) is 0 Å². The average molecular weight is 520 g/mol. The van der Waals surface area contributed by atoms with Crippen molar-refractivity contribution in [3.63, 3.8) is 0 Å². The molecule has 0 fully saturated rings. The molecule has 3 heterocycles. The van der Waals surface area contributed by atoms with Gasteiger partial charge in [0.15, 0.2) is 0 Å². The molecule has 2 N–H and O–H groups in total. The van der Waals surface area contributed by atoms with Crippen molar-refractivity contribution in [2.75, 3.05) is 0 Å². The molecule has 1 aliphatic rings. The summed E-state index contributed by atoms with van der Waals surface area (Å²) >= 11 is 1.91. The number of nitrogens with zero attached hydrogens (tertiary/aromatic N) is 3. The van der Waals surface area contributed by atoms with Crippen LogP contribution in [0.1, 0.15) is 49.8 Å². The summed E-state index contributed by atoms with van der Waals surface area (Å²) in [6.45, 7) is 8.61. The van der Waals surface area contributed by atoms with Gasteiger partial charge in [-0.2, -0.15) is 0 Å². The summed E-state index contributed by atoms with van der Waals surface area (Å²) in [4.78, 5) is 18.2. The fourth-order valence-electron chi connectivity index (χ4n) is 3.62. The number of aromatic amines is 1. The molecule has 161 valence electrons. The molecule has 8 heteroatoms. The topological polar surface area (TPSA) is 75.1 Å². The third-order valence-corrected chi connectivity index (χ3v) is 8.69. The van der Waals surface area contributed by atoms with Gasteiger partial charge < -0.3 is 0 Å². The number of nitrogens with one attached hydrogen (secondary N) is 2. The van der Waals surface area contributed by atoms with E-state index >= 15 is 0 Å². The second kappa shape index (κ2) is 8.01. The van der Waals surface area contributed by atoms with Crippen LogP contribution in [0.5, 0.6) is 0 Å². The van der Waals surface area contributed by atoms with Crippen molar-refractivity contribution >= 4 is 36.8 Å². The van der Waals surface area contributed by atoms with Crippen LogP contribution in [0.3, 0.4) is 0 Å². The normalized spacial score (nSPS) is 15.0. The van der Waals surface area contributed by atoms with Gasteiger partial charge in [0.05, 0.1) is 0 Å². The number of aromatic nitrogens is 4. The van der Waals surface area contributed by atoms with Gasteiger partial charge in [-0.05, 0) is 12.3 Å². The van der Waals surface area contributed by atoms with Crippen LogP contribution in [-0.2, 0) is 16.2 Å². The number of H-pyrrole nitrogens is 1. The van der Waals surface area contributed by atoms with Crippen LogP contribution in [0.4, 0.5) is 0 Å². The molecule has 1 unspecified atom stereocenters. The maximum atomic E-state index is 12.7. The van der Waals surface area contributed by atoms with Gasteiger partial charge in [0, 0.05) is 0 Å². The molecule has 2 aromatic carbocycles. The zero-order valence-corrected chi connectivity index (χ0v) is 20.2. The van der Waals surface area contributed by atoms with Crippen LogP contribution in [0.2, 0.25) is 0 Å². The molecule has 1 atom stereocenters. The number of aryl methyl sites for hydroxylation is 1. The van der Waals surface area contributed by atoms with Crippen LogP contribution in [-0.4, -0.2) is 28.3 Å². The number of fused-ring (bicyclic) bond motifs is 3. The quantitative estimate of drug-likeness (QED) is 0.391. The standard InChI is InChI=1S/C23H23N5OS.Rh/c1-5-14(3)17-8-9-18-19(12-17)28-21(25-22(18)29)23(26-27-28)30-20-10-7-16(11-15(20)4)13-24-6-2;/h7-12,14,24,27H,5H2,1-4H3;.